The van der Waals surface area contributed by atoms with Crippen LogP contribution in [0, 0.1) is 13.8 Å². The van der Waals surface area contributed by atoms with Gasteiger partial charge in [0.25, 0.3) is 5.91 Å². The molecule has 3 rings (SSSR count). The van der Waals surface area contributed by atoms with E-state index in [1.54, 1.807) is 6.07 Å². The minimum atomic E-state index is -0.639. The van der Waals surface area contributed by atoms with Crippen LogP contribution in [0.25, 0.3) is 0 Å². The van der Waals surface area contributed by atoms with E-state index < -0.39 is 6.10 Å². The van der Waals surface area contributed by atoms with Crippen LogP contribution < -0.4 is 14.8 Å². The number of nitrogens with one attached hydrogen (secondary N) is 1. The van der Waals surface area contributed by atoms with Crippen molar-refractivity contribution in [1.82, 2.24) is 0 Å². The first kappa shape index (κ1) is 13.5. The first-order valence-electron chi connectivity index (χ1n) is 6.91. The van der Waals surface area contributed by atoms with E-state index in [9.17, 15) is 4.79 Å². The molecule has 0 unspecified atom stereocenters. The Morgan fingerprint density at radius 1 is 1.10 bits per heavy atom. The van der Waals surface area contributed by atoms with Crippen molar-refractivity contribution in [2.24, 2.45) is 0 Å². The van der Waals surface area contributed by atoms with Gasteiger partial charge in [-0.25, -0.2) is 0 Å². The number of aryl methyl sites for hydroxylation is 1. The Hall–Kier alpha value is -2.49. The maximum Gasteiger partial charge on any atom is 0.269 e. The average molecular weight is 283 g/mol. The quantitative estimate of drug-likeness (QED) is 0.921. The second-order valence-electron chi connectivity index (χ2n) is 5.10. The van der Waals surface area contributed by atoms with E-state index in [1.807, 2.05) is 50.2 Å². The summed E-state index contributed by atoms with van der Waals surface area (Å²) >= 11 is 0. The lowest BCUT2D eigenvalue weighted by Gasteiger charge is -2.25. The van der Waals surface area contributed by atoms with E-state index in [1.165, 1.54) is 0 Å². The van der Waals surface area contributed by atoms with Crippen LogP contribution in [0.3, 0.4) is 0 Å². The normalized spacial score (nSPS) is 16.4. The number of benzene rings is 2. The fourth-order valence-electron chi connectivity index (χ4n) is 2.25. The minimum Gasteiger partial charge on any atom is -0.485 e. The number of carbonyl (C=O) groups excluding carboxylic acids is 1. The second kappa shape index (κ2) is 5.48. The number of amides is 1. The Balaban J connectivity index is 1.74. The molecule has 1 amide bonds. The number of anilines is 1. The molecule has 2 aromatic rings. The Labute approximate surface area is 123 Å². The lowest BCUT2D eigenvalue weighted by molar-refractivity contribution is -0.125. The van der Waals surface area contributed by atoms with Gasteiger partial charge in [0.15, 0.2) is 11.5 Å². The molecule has 21 heavy (non-hydrogen) atoms. The Bertz CT molecular complexity index is 681. The summed E-state index contributed by atoms with van der Waals surface area (Å²) in [6.45, 7) is 4.22. The lowest BCUT2D eigenvalue weighted by Crippen LogP contribution is -2.40. The molecule has 0 aromatic heterocycles. The van der Waals surface area contributed by atoms with E-state index in [4.69, 9.17) is 9.47 Å². The van der Waals surface area contributed by atoms with E-state index in [2.05, 4.69) is 5.32 Å². The summed E-state index contributed by atoms with van der Waals surface area (Å²) in [6.07, 6.45) is -0.639. The zero-order chi connectivity index (χ0) is 14.8. The van der Waals surface area contributed by atoms with Gasteiger partial charge >= 0.3 is 0 Å². The molecule has 0 saturated heterocycles. The highest BCUT2D eigenvalue weighted by Crippen LogP contribution is 2.31. The first-order valence-corrected chi connectivity index (χ1v) is 6.91. The fraction of sp³-hybridized carbons (Fsp3) is 0.235. The minimum absolute atomic E-state index is 0.196. The summed E-state index contributed by atoms with van der Waals surface area (Å²) in [7, 11) is 0. The van der Waals surface area contributed by atoms with Gasteiger partial charge in [-0.3, -0.25) is 4.79 Å². The number of hydrogen-bond donors (Lipinski definition) is 1. The molecular formula is C17H17NO3. The Kier molecular flexibility index (Phi) is 3.52. The molecule has 2 aromatic carbocycles. The number of ether oxygens (including phenoxy) is 2. The van der Waals surface area contributed by atoms with Gasteiger partial charge in [-0.05, 0) is 43.2 Å². The highest BCUT2D eigenvalue weighted by atomic mass is 16.6. The van der Waals surface area contributed by atoms with E-state index in [-0.39, 0.29) is 12.5 Å². The number of rotatable bonds is 2. The molecular weight excluding hydrogens is 266 g/mol. The molecule has 0 bridgehead atoms. The molecule has 0 radical (unpaired) electrons. The highest BCUT2D eigenvalue weighted by Gasteiger charge is 2.27. The molecule has 4 nitrogen and oxygen atoms in total. The first-order chi connectivity index (χ1) is 10.1. The van der Waals surface area contributed by atoms with Crippen molar-refractivity contribution in [2.45, 2.75) is 20.0 Å². The van der Waals surface area contributed by atoms with Gasteiger partial charge in [0, 0.05) is 5.69 Å². The molecule has 108 valence electrons. The third-order valence-corrected chi connectivity index (χ3v) is 3.66. The largest absolute Gasteiger partial charge is 0.485 e. The van der Waals surface area contributed by atoms with Crippen LogP contribution in [-0.2, 0) is 4.79 Å². The van der Waals surface area contributed by atoms with E-state index in [0.717, 1.165) is 16.8 Å². The van der Waals surface area contributed by atoms with Crippen molar-refractivity contribution in [1.29, 1.82) is 0 Å². The molecule has 1 aliphatic heterocycles. The van der Waals surface area contributed by atoms with Crippen LogP contribution >= 0.6 is 0 Å². The van der Waals surface area contributed by atoms with Crippen molar-refractivity contribution in [3.05, 3.63) is 53.6 Å². The molecule has 4 heteroatoms. The van der Waals surface area contributed by atoms with Gasteiger partial charge < -0.3 is 14.8 Å². The van der Waals surface area contributed by atoms with Gasteiger partial charge in [-0.15, -0.1) is 0 Å². The van der Waals surface area contributed by atoms with Crippen LogP contribution in [0.5, 0.6) is 11.5 Å². The molecule has 1 heterocycles. The van der Waals surface area contributed by atoms with E-state index >= 15 is 0 Å². The number of carbonyl (C=O) groups is 1. The Morgan fingerprint density at radius 2 is 1.86 bits per heavy atom. The predicted octanol–water partition coefficient (Wildman–Crippen LogP) is 3.08. The van der Waals surface area contributed by atoms with Crippen molar-refractivity contribution in [3.63, 3.8) is 0 Å². The number of para-hydroxylation sites is 2. The third kappa shape index (κ3) is 2.70. The molecule has 0 aliphatic carbocycles. The van der Waals surface area contributed by atoms with Gasteiger partial charge in [0.05, 0.1) is 0 Å². The fourth-order valence-corrected chi connectivity index (χ4v) is 2.25. The van der Waals surface area contributed by atoms with Gasteiger partial charge in [-0.2, -0.15) is 0 Å². The topological polar surface area (TPSA) is 47.6 Å². The maximum absolute atomic E-state index is 12.3. The zero-order valence-corrected chi connectivity index (χ0v) is 12.1. The highest BCUT2D eigenvalue weighted by molar-refractivity contribution is 5.95. The lowest BCUT2D eigenvalue weighted by atomic mass is 10.1. The zero-order valence-electron chi connectivity index (χ0n) is 12.1. The third-order valence-electron chi connectivity index (χ3n) is 3.66. The summed E-state index contributed by atoms with van der Waals surface area (Å²) in [5.41, 5.74) is 3.00. The summed E-state index contributed by atoms with van der Waals surface area (Å²) in [5.74, 6) is 1.08. The molecule has 0 spiro atoms. The molecule has 0 fully saturated rings. The van der Waals surface area contributed by atoms with Crippen LogP contribution in [-0.4, -0.2) is 18.6 Å². The second-order valence-corrected chi connectivity index (χ2v) is 5.10. The summed E-state index contributed by atoms with van der Waals surface area (Å²) in [5, 5.41) is 2.91. The number of fused-ring (bicyclic) bond motifs is 1. The molecule has 1 aliphatic rings. The summed E-state index contributed by atoms with van der Waals surface area (Å²) in [6, 6.07) is 13.2. The van der Waals surface area contributed by atoms with Crippen molar-refractivity contribution < 1.29 is 14.3 Å². The van der Waals surface area contributed by atoms with Gasteiger partial charge in [-0.1, -0.05) is 24.3 Å². The standard InChI is InChI=1S/C17H17NO3/c1-11-6-5-7-13(12(11)2)18-17(19)16-10-20-14-8-3-4-9-15(14)21-16/h3-9,16H,10H2,1-2H3,(H,18,19)/t16-/m1/s1. The molecule has 1 N–H and O–H groups in total. The molecule has 0 saturated carbocycles. The maximum atomic E-state index is 12.3. The number of hydrogen-bond acceptors (Lipinski definition) is 3. The van der Waals surface area contributed by atoms with Crippen LogP contribution in [0.1, 0.15) is 11.1 Å². The van der Waals surface area contributed by atoms with Crippen molar-refractivity contribution in [2.75, 3.05) is 11.9 Å². The van der Waals surface area contributed by atoms with Gasteiger partial charge in [0.1, 0.15) is 6.61 Å². The van der Waals surface area contributed by atoms with Crippen molar-refractivity contribution >= 4 is 11.6 Å². The molecule has 1 atom stereocenters. The van der Waals surface area contributed by atoms with Gasteiger partial charge in [0.2, 0.25) is 6.10 Å². The van der Waals surface area contributed by atoms with Crippen LogP contribution in [0.4, 0.5) is 5.69 Å². The summed E-state index contributed by atoms with van der Waals surface area (Å²) < 4.78 is 11.3. The average Bonchev–Trinajstić information content (AvgIpc) is 2.51. The SMILES string of the molecule is Cc1cccc(NC(=O)[C@H]2COc3ccccc3O2)c1C. The Morgan fingerprint density at radius 3 is 2.67 bits per heavy atom. The van der Waals surface area contributed by atoms with E-state index in [0.29, 0.717) is 11.5 Å². The van der Waals surface area contributed by atoms with Crippen LogP contribution in [0.2, 0.25) is 0 Å². The summed E-state index contributed by atoms with van der Waals surface area (Å²) in [4.78, 5) is 12.3. The van der Waals surface area contributed by atoms with Crippen molar-refractivity contribution in [3.8, 4) is 11.5 Å². The van der Waals surface area contributed by atoms with Crippen LogP contribution in [0.15, 0.2) is 42.5 Å². The smallest absolute Gasteiger partial charge is 0.269 e. The predicted molar refractivity (Wildman–Crippen MR) is 80.9 cm³/mol. The monoisotopic (exact) mass is 283 g/mol.